The largest absolute Gasteiger partial charge is 0.319 e. The molecule has 17 heavy (non-hydrogen) atoms. The zero-order valence-corrected chi connectivity index (χ0v) is 11.3. The van der Waals surface area contributed by atoms with Gasteiger partial charge in [0, 0.05) is 30.5 Å². The number of nitrogens with one attached hydrogen (secondary N) is 1. The molecule has 0 fully saturated rings. The lowest BCUT2D eigenvalue weighted by Gasteiger charge is -2.12. The summed E-state index contributed by atoms with van der Waals surface area (Å²) in [5, 5.41) is 11.3. The maximum atomic E-state index is 4.12. The number of halogens is 1. The highest BCUT2D eigenvalue weighted by Crippen LogP contribution is 2.12. The summed E-state index contributed by atoms with van der Waals surface area (Å²) < 4.78 is 2.90. The standard InChI is InChI=1S/C11H14BrN5/c1-8(11-16-15-7-17(11)2)14-5-9-3-10(12)6-13-4-9/h3-4,6-8,14H,5H2,1-2H3. The molecule has 5 nitrogen and oxygen atoms in total. The molecule has 0 bridgehead atoms. The topological polar surface area (TPSA) is 55.6 Å². The van der Waals surface area contributed by atoms with Gasteiger partial charge in [-0.2, -0.15) is 0 Å². The number of rotatable bonds is 4. The number of aryl methyl sites for hydroxylation is 1. The van der Waals surface area contributed by atoms with Crippen LogP contribution in [0, 0.1) is 0 Å². The summed E-state index contributed by atoms with van der Waals surface area (Å²) >= 11 is 3.40. The maximum absolute atomic E-state index is 4.12. The predicted octanol–water partition coefficient (Wildman–Crippen LogP) is 1.82. The number of aromatic nitrogens is 4. The average Bonchev–Trinajstić information content (AvgIpc) is 2.72. The van der Waals surface area contributed by atoms with E-state index in [1.807, 2.05) is 23.9 Å². The van der Waals surface area contributed by atoms with Gasteiger partial charge in [0.1, 0.15) is 12.2 Å². The molecule has 0 aromatic carbocycles. The van der Waals surface area contributed by atoms with E-state index in [1.54, 1.807) is 12.5 Å². The summed E-state index contributed by atoms with van der Waals surface area (Å²) in [5.41, 5.74) is 1.13. The molecule has 1 atom stereocenters. The van der Waals surface area contributed by atoms with Gasteiger partial charge in [-0.1, -0.05) is 0 Å². The molecule has 0 aliphatic carbocycles. The van der Waals surface area contributed by atoms with E-state index in [4.69, 9.17) is 0 Å². The molecule has 2 aromatic rings. The summed E-state index contributed by atoms with van der Waals surface area (Å²) in [5.74, 6) is 0.924. The highest BCUT2D eigenvalue weighted by Gasteiger charge is 2.10. The van der Waals surface area contributed by atoms with E-state index in [2.05, 4.69) is 43.4 Å². The fourth-order valence-electron chi connectivity index (χ4n) is 1.60. The minimum atomic E-state index is 0.154. The molecule has 0 saturated heterocycles. The van der Waals surface area contributed by atoms with Crippen molar-refractivity contribution < 1.29 is 0 Å². The first-order valence-electron chi connectivity index (χ1n) is 5.33. The first-order chi connectivity index (χ1) is 8.16. The second-order valence-electron chi connectivity index (χ2n) is 3.91. The van der Waals surface area contributed by atoms with Gasteiger partial charge in [-0.25, -0.2) is 0 Å². The van der Waals surface area contributed by atoms with Crippen LogP contribution in [0.15, 0.2) is 29.3 Å². The van der Waals surface area contributed by atoms with Crippen LogP contribution in [0.4, 0.5) is 0 Å². The van der Waals surface area contributed by atoms with Gasteiger partial charge in [0.15, 0.2) is 0 Å². The van der Waals surface area contributed by atoms with Gasteiger partial charge in [0.05, 0.1) is 6.04 Å². The Hall–Kier alpha value is -1.27. The molecule has 90 valence electrons. The molecular weight excluding hydrogens is 282 g/mol. The van der Waals surface area contributed by atoms with Gasteiger partial charge in [-0.3, -0.25) is 4.98 Å². The maximum Gasteiger partial charge on any atom is 0.149 e. The van der Waals surface area contributed by atoms with Crippen molar-refractivity contribution in [1.29, 1.82) is 0 Å². The van der Waals surface area contributed by atoms with Crippen molar-refractivity contribution in [2.45, 2.75) is 19.5 Å². The van der Waals surface area contributed by atoms with Gasteiger partial charge < -0.3 is 9.88 Å². The predicted molar refractivity (Wildman–Crippen MR) is 68.2 cm³/mol. The first kappa shape index (κ1) is 12.2. The molecule has 0 radical (unpaired) electrons. The van der Waals surface area contributed by atoms with Crippen molar-refractivity contribution >= 4 is 15.9 Å². The van der Waals surface area contributed by atoms with Crippen molar-refractivity contribution in [3.05, 3.63) is 40.6 Å². The van der Waals surface area contributed by atoms with Gasteiger partial charge in [0.2, 0.25) is 0 Å². The zero-order valence-electron chi connectivity index (χ0n) is 9.76. The summed E-state index contributed by atoms with van der Waals surface area (Å²) in [7, 11) is 1.94. The molecule has 0 spiro atoms. The van der Waals surface area contributed by atoms with Crippen LogP contribution in [-0.2, 0) is 13.6 Å². The second kappa shape index (κ2) is 5.37. The summed E-state index contributed by atoms with van der Waals surface area (Å²) in [6.45, 7) is 2.82. The summed E-state index contributed by atoms with van der Waals surface area (Å²) in [6, 6.07) is 2.20. The number of pyridine rings is 1. The van der Waals surface area contributed by atoms with E-state index in [9.17, 15) is 0 Å². The lowest BCUT2D eigenvalue weighted by Crippen LogP contribution is -2.21. The Kier molecular flexibility index (Phi) is 3.86. The third kappa shape index (κ3) is 3.10. The molecule has 2 aromatic heterocycles. The normalized spacial score (nSPS) is 12.6. The van der Waals surface area contributed by atoms with Crippen LogP contribution in [0.25, 0.3) is 0 Å². The number of hydrogen-bond acceptors (Lipinski definition) is 4. The Morgan fingerprint density at radius 2 is 2.29 bits per heavy atom. The first-order valence-corrected chi connectivity index (χ1v) is 6.13. The Balaban J connectivity index is 1.97. The van der Waals surface area contributed by atoms with Crippen molar-refractivity contribution in [3.8, 4) is 0 Å². The molecule has 0 aliphatic rings. The summed E-state index contributed by atoms with van der Waals surface area (Å²) in [4.78, 5) is 4.12. The SMILES string of the molecule is CC(NCc1cncc(Br)c1)c1nncn1C. The molecule has 2 heterocycles. The van der Waals surface area contributed by atoms with Gasteiger partial charge >= 0.3 is 0 Å². The molecule has 0 aliphatic heterocycles. The molecule has 1 N–H and O–H groups in total. The van der Waals surface area contributed by atoms with E-state index >= 15 is 0 Å². The molecule has 2 rings (SSSR count). The smallest absolute Gasteiger partial charge is 0.149 e. The van der Waals surface area contributed by atoms with Crippen molar-refractivity contribution in [2.75, 3.05) is 0 Å². The lowest BCUT2D eigenvalue weighted by atomic mass is 10.2. The van der Waals surface area contributed by atoms with Crippen LogP contribution in [0.5, 0.6) is 0 Å². The van der Waals surface area contributed by atoms with Crippen molar-refractivity contribution in [3.63, 3.8) is 0 Å². The van der Waals surface area contributed by atoms with E-state index in [0.717, 1.165) is 22.4 Å². The highest BCUT2D eigenvalue weighted by atomic mass is 79.9. The minimum absolute atomic E-state index is 0.154. The van der Waals surface area contributed by atoms with Crippen LogP contribution < -0.4 is 5.32 Å². The van der Waals surface area contributed by atoms with Crippen molar-refractivity contribution in [2.24, 2.45) is 7.05 Å². The second-order valence-corrected chi connectivity index (χ2v) is 4.83. The summed E-state index contributed by atoms with van der Waals surface area (Å²) in [6.07, 6.45) is 5.32. The van der Waals surface area contributed by atoms with E-state index in [-0.39, 0.29) is 6.04 Å². The Morgan fingerprint density at radius 3 is 2.94 bits per heavy atom. The van der Waals surface area contributed by atoms with Crippen LogP contribution in [-0.4, -0.2) is 19.7 Å². The Labute approximate surface area is 108 Å². The zero-order chi connectivity index (χ0) is 12.3. The fraction of sp³-hybridized carbons (Fsp3) is 0.364. The van der Waals surface area contributed by atoms with Crippen LogP contribution in [0.3, 0.4) is 0 Å². The van der Waals surface area contributed by atoms with Crippen molar-refractivity contribution in [1.82, 2.24) is 25.1 Å². The number of hydrogen-bond donors (Lipinski definition) is 1. The Morgan fingerprint density at radius 1 is 1.47 bits per heavy atom. The average molecular weight is 296 g/mol. The molecule has 6 heteroatoms. The van der Waals surface area contributed by atoms with Crippen LogP contribution >= 0.6 is 15.9 Å². The van der Waals surface area contributed by atoms with E-state index in [0.29, 0.717) is 0 Å². The molecule has 0 amide bonds. The lowest BCUT2D eigenvalue weighted by molar-refractivity contribution is 0.528. The van der Waals surface area contributed by atoms with Crippen LogP contribution in [0.2, 0.25) is 0 Å². The van der Waals surface area contributed by atoms with E-state index in [1.165, 1.54) is 0 Å². The van der Waals surface area contributed by atoms with Gasteiger partial charge in [-0.05, 0) is 34.5 Å². The number of nitrogens with zero attached hydrogens (tertiary/aromatic N) is 4. The minimum Gasteiger partial charge on any atom is -0.319 e. The van der Waals surface area contributed by atoms with Crippen LogP contribution in [0.1, 0.15) is 24.4 Å². The molecular formula is C11H14BrN5. The molecule has 1 unspecified atom stereocenters. The third-order valence-corrected chi connectivity index (χ3v) is 2.94. The van der Waals surface area contributed by atoms with Gasteiger partial charge in [0.25, 0.3) is 0 Å². The Bertz CT molecular complexity index is 496. The highest BCUT2D eigenvalue weighted by molar-refractivity contribution is 9.10. The monoisotopic (exact) mass is 295 g/mol. The third-order valence-electron chi connectivity index (χ3n) is 2.51. The van der Waals surface area contributed by atoms with Gasteiger partial charge in [-0.15, -0.1) is 10.2 Å². The molecule has 0 saturated carbocycles. The quantitative estimate of drug-likeness (QED) is 0.935. The van der Waals surface area contributed by atoms with E-state index < -0.39 is 0 Å². The fourth-order valence-corrected chi connectivity index (χ4v) is 2.01.